The van der Waals surface area contributed by atoms with Crippen LogP contribution in [0.15, 0.2) is 12.3 Å². The van der Waals surface area contributed by atoms with E-state index in [4.69, 9.17) is 10.5 Å². The molecule has 1 fully saturated rings. The largest absolute Gasteiger partial charge is 0.452 e. The molecule has 1 aromatic heterocycles. The third-order valence-electron chi connectivity index (χ3n) is 3.61. The number of aryl methyl sites for hydroxylation is 1. The summed E-state index contributed by atoms with van der Waals surface area (Å²) in [7, 11) is 0. The molecule has 6 nitrogen and oxygen atoms in total. The maximum absolute atomic E-state index is 12.0. The Balaban J connectivity index is 1.91. The Morgan fingerprint density at radius 1 is 1.29 bits per heavy atom. The lowest BCUT2D eigenvalue weighted by Crippen LogP contribution is -2.35. The van der Waals surface area contributed by atoms with Gasteiger partial charge in [-0.3, -0.25) is 9.78 Å². The van der Waals surface area contributed by atoms with Crippen molar-refractivity contribution in [3.05, 3.63) is 23.5 Å². The van der Waals surface area contributed by atoms with Gasteiger partial charge in [-0.15, -0.1) is 0 Å². The van der Waals surface area contributed by atoms with E-state index in [-0.39, 0.29) is 12.5 Å². The summed E-state index contributed by atoms with van der Waals surface area (Å²) in [6.07, 6.45) is 5.81. The zero-order valence-corrected chi connectivity index (χ0v) is 12.3. The van der Waals surface area contributed by atoms with E-state index in [1.54, 1.807) is 11.8 Å². The van der Waals surface area contributed by atoms with Gasteiger partial charge in [-0.2, -0.15) is 0 Å². The quantitative estimate of drug-likeness (QED) is 0.854. The van der Waals surface area contributed by atoms with Crippen LogP contribution in [0, 0.1) is 6.92 Å². The minimum absolute atomic E-state index is 0.139. The number of nitrogens with two attached hydrogens (primary N) is 1. The van der Waals surface area contributed by atoms with E-state index in [1.807, 2.05) is 0 Å². The Hall–Kier alpha value is -2.11. The van der Waals surface area contributed by atoms with Crippen LogP contribution in [0.2, 0.25) is 0 Å². The fourth-order valence-electron chi connectivity index (χ4n) is 2.37. The molecule has 1 aromatic rings. The van der Waals surface area contributed by atoms with Crippen molar-refractivity contribution in [3.63, 3.8) is 0 Å². The van der Waals surface area contributed by atoms with Crippen LogP contribution in [-0.2, 0) is 9.53 Å². The zero-order chi connectivity index (χ0) is 15.2. The number of pyridine rings is 1. The molecule has 0 unspecified atom stereocenters. The lowest BCUT2D eigenvalue weighted by Gasteiger charge is -2.20. The highest BCUT2D eigenvalue weighted by atomic mass is 16.5. The van der Waals surface area contributed by atoms with Crippen LogP contribution in [0.25, 0.3) is 0 Å². The summed E-state index contributed by atoms with van der Waals surface area (Å²) in [5, 5.41) is 0. The van der Waals surface area contributed by atoms with Crippen LogP contribution in [0.5, 0.6) is 0 Å². The smallest absolute Gasteiger partial charge is 0.340 e. The van der Waals surface area contributed by atoms with Crippen molar-refractivity contribution in [2.45, 2.75) is 32.6 Å². The second kappa shape index (κ2) is 7.06. The molecule has 114 valence electrons. The highest BCUT2D eigenvalue weighted by molar-refractivity contribution is 5.93. The summed E-state index contributed by atoms with van der Waals surface area (Å²) in [5.74, 6) is -0.699. The first-order valence-corrected chi connectivity index (χ1v) is 7.25. The van der Waals surface area contributed by atoms with Crippen molar-refractivity contribution in [2.24, 2.45) is 0 Å². The zero-order valence-electron chi connectivity index (χ0n) is 12.3. The topological polar surface area (TPSA) is 85.5 Å². The molecule has 6 heteroatoms. The SMILES string of the molecule is Cc1ncc(N)cc1C(=O)OCC(=O)N1CCCCCC1. The van der Waals surface area contributed by atoms with Gasteiger partial charge in [0.25, 0.3) is 5.91 Å². The number of carbonyl (C=O) groups excluding carboxylic acids is 2. The van der Waals surface area contributed by atoms with Gasteiger partial charge in [0.05, 0.1) is 23.1 Å². The standard InChI is InChI=1S/C15H21N3O3/c1-11-13(8-12(16)9-17-11)15(20)21-10-14(19)18-6-4-2-3-5-7-18/h8-9H,2-7,10,16H2,1H3. The Bertz CT molecular complexity index is 523. The molecule has 2 rings (SSSR count). The van der Waals surface area contributed by atoms with Gasteiger partial charge < -0.3 is 15.4 Å². The second-order valence-electron chi connectivity index (χ2n) is 5.27. The number of ether oxygens (including phenoxy) is 1. The van der Waals surface area contributed by atoms with Crippen molar-refractivity contribution in [1.29, 1.82) is 0 Å². The Labute approximate surface area is 124 Å². The molecular formula is C15H21N3O3. The van der Waals surface area contributed by atoms with E-state index in [0.29, 0.717) is 16.9 Å². The normalized spacial score (nSPS) is 15.4. The van der Waals surface area contributed by atoms with E-state index in [1.165, 1.54) is 12.3 Å². The van der Waals surface area contributed by atoms with Crippen molar-refractivity contribution in [1.82, 2.24) is 9.88 Å². The Morgan fingerprint density at radius 3 is 2.62 bits per heavy atom. The molecule has 1 aliphatic heterocycles. The van der Waals surface area contributed by atoms with E-state index < -0.39 is 5.97 Å². The molecule has 0 radical (unpaired) electrons. The van der Waals surface area contributed by atoms with Crippen molar-refractivity contribution >= 4 is 17.6 Å². The number of rotatable bonds is 3. The molecule has 0 aliphatic carbocycles. The van der Waals surface area contributed by atoms with Crippen LogP contribution in [0.3, 0.4) is 0 Å². The monoisotopic (exact) mass is 291 g/mol. The maximum Gasteiger partial charge on any atom is 0.340 e. The number of likely N-dealkylation sites (tertiary alicyclic amines) is 1. The Kier molecular flexibility index (Phi) is 5.14. The number of aromatic nitrogens is 1. The second-order valence-corrected chi connectivity index (χ2v) is 5.27. The highest BCUT2D eigenvalue weighted by Crippen LogP contribution is 2.12. The number of nitrogens with zero attached hydrogens (tertiary/aromatic N) is 2. The average molecular weight is 291 g/mol. The van der Waals surface area contributed by atoms with E-state index in [0.717, 1.165) is 38.8 Å². The summed E-state index contributed by atoms with van der Waals surface area (Å²) >= 11 is 0. The van der Waals surface area contributed by atoms with Crippen molar-refractivity contribution in [2.75, 3.05) is 25.4 Å². The van der Waals surface area contributed by atoms with Crippen molar-refractivity contribution in [3.8, 4) is 0 Å². The average Bonchev–Trinajstić information content (AvgIpc) is 2.76. The van der Waals surface area contributed by atoms with Crippen LogP contribution in [0.1, 0.15) is 41.7 Å². The predicted octanol–water partition coefficient (Wildman–Crippen LogP) is 1.53. The van der Waals surface area contributed by atoms with E-state index in [9.17, 15) is 9.59 Å². The molecular weight excluding hydrogens is 270 g/mol. The summed E-state index contributed by atoms with van der Waals surface area (Å²) in [5.41, 5.74) is 6.85. The van der Waals surface area contributed by atoms with Gasteiger partial charge >= 0.3 is 5.97 Å². The molecule has 0 saturated carbocycles. The lowest BCUT2D eigenvalue weighted by atomic mass is 10.2. The first-order valence-electron chi connectivity index (χ1n) is 7.25. The first kappa shape index (κ1) is 15.3. The molecule has 0 aromatic carbocycles. The number of carbonyl (C=O) groups is 2. The third kappa shape index (κ3) is 4.18. The summed E-state index contributed by atoms with van der Waals surface area (Å²) in [4.78, 5) is 29.8. The maximum atomic E-state index is 12.0. The summed E-state index contributed by atoms with van der Waals surface area (Å²) in [6, 6.07) is 1.51. The fourth-order valence-corrected chi connectivity index (χ4v) is 2.37. The summed E-state index contributed by atoms with van der Waals surface area (Å²) in [6.45, 7) is 2.96. The summed E-state index contributed by atoms with van der Waals surface area (Å²) < 4.78 is 5.09. The molecule has 1 aliphatic rings. The molecule has 2 heterocycles. The Morgan fingerprint density at radius 2 is 1.95 bits per heavy atom. The lowest BCUT2D eigenvalue weighted by molar-refractivity contribution is -0.134. The molecule has 1 amide bonds. The molecule has 0 spiro atoms. The molecule has 21 heavy (non-hydrogen) atoms. The third-order valence-corrected chi connectivity index (χ3v) is 3.61. The minimum atomic E-state index is -0.560. The van der Waals surface area contributed by atoms with Gasteiger partial charge in [0.15, 0.2) is 6.61 Å². The molecule has 0 atom stereocenters. The van der Waals surface area contributed by atoms with Crippen LogP contribution >= 0.6 is 0 Å². The van der Waals surface area contributed by atoms with E-state index in [2.05, 4.69) is 4.98 Å². The number of amides is 1. The molecule has 1 saturated heterocycles. The van der Waals surface area contributed by atoms with Gasteiger partial charge in [-0.1, -0.05) is 12.8 Å². The van der Waals surface area contributed by atoms with Gasteiger partial charge in [0.2, 0.25) is 0 Å². The molecule has 2 N–H and O–H groups in total. The minimum Gasteiger partial charge on any atom is -0.452 e. The number of hydrogen-bond donors (Lipinski definition) is 1. The highest BCUT2D eigenvalue weighted by Gasteiger charge is 2.18. The van der Waals surface area contributed by atoms with Gasteiger partial charge in [-0.25, -0.2) is 4.79 Å². The number of esters is 1. The van der Waals surface area contributed by atoms with Gasteiger partial charge in [0.1, 0.15) is 0 Å². The van der Waals surface area contributed by atoms with Crippen molar-refractivity contribution < 1.29 is 14.3 Å². The first-order chi connectivity index (χ1) is 10.1. The number of nitrogen functional groups attached to an aromatic ring is 1. The van der Waals surface area contributed by atoms with Crippen LogP contribution in [-0.4, -0.2) is 41.5 Å². The van der Waals surface area contributed by atoms with Gasteiger partial charge in [0, 0.05) is 13.1 Å². The van der Waals surface area contributed by atoms with Crippen LogP contribution in [0.4, 0.5) is 5.69 Å². The van der Waals surface area contributed by atoms with Gasteiger partial charge in [-0.05, 0) is 25.8 Å². The fraction of sp³-hybridized carbons (Fsp3) is 0.533. The van der Waals surface area contributed by atoms with Crippen LogP contribution < -0.4 is 5.73 Å². The molecule has 0 bridgehead atoms. The predicted molar refractivity (Wildman–Crippen MR) is 78.7 cm³/mol. The number of hydrogen-bond acceptors (Lipinski definition) is 5. The van der Waals surface area contributed by atoms with E-state index >= 15 is 0 Å². The number of anilines is 1.